The number of nitro benzene ring substituents is 1. The van der Waals surface area contributed by atoms with Crippen LogP contribution in [0.1, 0.15) is 5.56 Å². The first-order valence-corrected chi connectivity index (χ1v) is 5.10. The third-order valence-corrected chi connectivity index (χ3v) is 2.60. The molecule has 1 aliphatic heterocycles. The Kier molecular flexibility index (Phi) is 2.84. The number of urea groups is 1. The highest BCUT2D eigenvalue weighted by molar-refractivity contribution is 6.01. The molecule has 3 N–H and O–H groups in total. The van der Waals surface area contributed by atoms with Crippen LogP contribution in [0.3, 0.4) is 0 Å². The average Bonchev–Trinajstić information content (AvgIpc) is 2.63. The van der Waals surface area contributed by atoms with Gasteiger partial charge in [-0.2, -0.15) is 0 Å². The van der Waals surface area contributed by atoms with Gasteiger partial charge in [0.1, 0.15) is 0 Å². The maximum atomic E-state index is 11.4. The molecule has 18 heavy (non-hydrogen) atoms. The predicted molar refractivity (Wildman–Crippen MR) is 61.5 cm³/mol. The Balaban J connectivity index is 2.28. The first kappa shape index (κ1) is 11.8. The smallest absolute Gasteiger partial charge is 0.324 e. The van der Waals surface area contributed by atoms with Gasteiger partial charge in [-0.3, -0.25) is 19.8 Å². The number of hydrogen-bond acceptors (Lipinski definition) is 5. The predicted octanol–water partition coefficient (Wildman–Crippen LogP) is 0.229. The monoisotopic (exact) mass is 250 g/mol. The minimum Gasteiger partial charge on any atom is -0.398 e. The van der Waals surface area contributed by atoms with E-state index in [4.69, 9.17) is 5.73 Å². The number of nitro groups is 1. The number of rotatable bonds is 3. The second-order valence-electron chi connectivity index (χ2n) is 3.78. The van der Waals surface area contributed by atoms with Crippen LogP contribution in [0.25, 0.3) is 0 Å². The van der Waals surface area contributed by atoms with Crippen molar-refractivity contribution in [3.05, 3.63) is 33.9 Å². The Bertz CT molecular complexity index is 527. The van der Waals surface area contributed by atoms with E-state index >= 15 is 0 Å². The SMILES string of the molecule is Nc1ccc([N+](=O)[O-])cc1CN1C(=O)CNC1=O. The van der Waals surface area contributed by atoms with Crippen LogP contribution in [-0.2, 0) is 11.3 Å². The molecule has 0 aliphatic carbocycles. The highest BCUT2D eigenvalue weighted by Gasteiger charge is 2.29. The van der Waals surface area contributed by atoms with Crippen molar-refractivity contribution in [3.63, 3.8) is 0 Å². The van der Waals surface area contributed by atoms with E-state index < -0.39 is 11.0 Å². The van der Waals surface area contributed by atoms with Gasteiger partial charge in [0.2, 0.25) is 5.91 Å². The summed E-state index contributed by atoms with van der Waals surface area (Å²) in [7, 11) is 0. The summed E-state index contributed by atoms with van der Waals surface area (Å²) < 4.78 is 0. The Labute approximate surface area is 102 Å². The van der Waals surface area contributed by atoms with Gasteiger partial charge in [-0.15, -0.1) is 0 Å². The number of amides is 3. The van der Waals surface area contributed by atoms with Crippen LogP contribution >= 0.6 is 0 Å². The van der Waals surface area contributed by atoms with Crippen LogP contribution in [0.4, 0.5) is 16.2 Å². The molecule has 1 aliphatic rings. The van der Waals surface area contributed by atoms with Crippen molar-refractivity contribution in [2.24, 2.45) is 0 Å². The Hall–Kier alpha value is -2.64. The number of carbonyl (C=O) groups is 2. The number of anilines is 1. The molecule has 1 heterocycles. The van der Waals surface area contributed by atoms with E-state index in [2.05, 4.69) is 5.32 Å². The van der Waals surface area contributed by atoms with Gasteiger partial charge in [-0.1, -0.05) is 0 Å². The molecule has 0 aromatic heterocycles. The summed E-state index contributed by atoms with van der Waals surface area (Å²) in [5.41, 5.74) is 6.20. The fraction of sp³-hybridized carbons (Fsp3) is 0.200. The molecular formula is C10H10N4O4. The lowest BCUT2D eigenvalue weighted by molar-refractivity contribution is -0.384. The molecule has 0 spiro atoms. The summed E-state index contributed by atoms with van der Waals surface area (Å²) in [6.07, 6.45) is 0. The van der Waals surface area contributed by atoms with Crippen molar-refractivity contribution in [1.29, 1.82) is 0 Å². The van der Waals surface area contributed by atoms with Gasteiger partial charge in [-0.05, 0) is 6.07 Å². The van der Waals surface area contributed by atoms with E-state index in [0.717, 1.165) is 4.90 Å². The highest BCUT2D eigenvalue weighted by Crippen LogP contribution is 2.21. The fourth-order valence-corrected chi connectivity index (χ4v) is 1.63. The fourth-order valence-electron chi connectivity index (χ4n) is 1.63. The van der Waals surface area contributed by atoms with Gasteiger partial charge in [-0.25, -0.2) is 4.79 Å². The van der Waals surface area contributed by atoms with E-state index in [0.29, 0.717) is 11.3 Å². The molecule has 0 radical (unpaired) electrons. The van der Waals surface area contributed by atoms with Gasteiger partial charge in [0.25, 0.3) is 5.69 Å². The van der Waals surface area contributed by atoms with E-state index in [9.17, 15) is 19.7 Å². The Morgan fingerprint density at radius 3 is 2.72 bits per heavy atom. The van der Waals surface area contributed by atoms with Crippen molar-refractivity contribution in [1.82, 2.24) is 10.2 Å². The van der Waals surface area contributed by atoms with Gasteiger partial charge < -0.3 is 11.1 Å². The Morgan fingerprint density at radius 2 is 2.17 bits per heavy atom. The molecule has 8 heteroatoms. The van der Waals surface area contributed by atoms with Crippen molar-refractivity contribution < 1.29 is 14.5 Å². The van der Waals surface area contributed by atoms with Crippen molar-refractivity contribution in [3.8, 4) is 0 Å². The summed E-state index contributed by atoms with van der Waals surface area (Å²) >= 11 is 0. The maximum Gasteiger partial charge on any atom is 0.324 e. The molecule has 1 fully saturated rings. The quantitative estimate of drug-likeness (QED) is 0.344. The van der Waals surface area contributed by atoms with Crippen molar-refractivity contribution >= 4 is 23.3 Å². The molecule has 1 aromatic rings. The van der Waals surface area contributed by atoms with E-state index in [1.165, 1.54) is 18.2 Å². The van der Waals surface area contributed by atoms with Crippen molar-refractivity contribution in [2.45, 2.75) is 6.54 Å². The maximum absolute atomic E-state index is 11.4. The topological polar surface area (TPSA) is 119 Å². The summed E-state index contributed by atoms with van der Waals surface area (Å²) in [6, 6.07) is 3.39. The number of imide groups is 1. The van der Waals surface area contributed by atoms with Crippen LogP contribution in [0.5, 0.6) is 0 Å². The molecule has 1 aromatic carbocycles. The molecule has 0 unspecified atom stereocenters. The standard InChI is InChI=1S/C10H10N4O4/c11-8-2-1-7(14(17)18)3-6(8)5-13-9(15)4-12-10(13)16/h1-3H,4-5,11H2,(H,12,16). The summed E-state index contributed by atoms with van der Waals surface area (Å²) in [5.74, 6) is -0.383. The molecule has 0 atom stereocenters. The first-order valence-electron chi connectivity index (χ1n) is 5.10. The van der Waals surface area contributed by atoms with Gasteiger partial charge in [0.05, 0.1) is 18.0 Å². The molecule has 0 saturated carbocycles. The van der Waals surface area contributed by atoms with E-state index in [1.807, 2.05) is 0 Å². The Morgan fingerprint density at radius 1 is 1.44 bits per heavy atom. The number of nitrogens with zero attached hydrogens (tertiary/aromatic N) is 2. The third kappa shape index (κ3) is 2.08. The van der Waals surface area contributed by atoms with Gasteiger partial charge in [0.15, 0.2) is 0 Å². The largest absolute Gasteiger partial charge is 0.398 e. The number of non-ortho nitro benzene ring substituents is 1. The molecule has 0 bridgehead atoms. The van der Waals surface area contributed by atoms with Crippen LogP contribution in [-0.4, -0.2) is 28.3 Å². The second kappa shape index (κ2) is 4.32. The molecule has 3 amide bonds. The zero-order valence-electron chi connectivity index (χ0n) is 9.25. The lowest BCUT2D eigenvalue weighted by Gasteiger charge is -2.13. The molecule has 2 rings (SSSR count). The van der Waals surface area contributed by atoms with E-state index in [-0.39, 0.29) is 24.7 Å². The number of benzene rings is 1. The number of nitrogen functional groups attached to an aromatic ring is 1. The zero-order chi connectivity index (χ0) is 13.3. The molecule has 1 saturated heterocycles. The first-order chi connectivity index (χ1) is 8.49. The molecule has 8 nitrogen and oxygen atoms in total. The third-order valence-electron chi connectivity index (χ3n) is 2.60. The lowest BCUT2D eigenvalue weighted by Crippen LogP contribution is -2.30. The second-order valence-corrected chi connectivity index (χ2v) is 3.78. The number of carbonyl (C=O) groups excluding carboxylic acids is 2. The normalized spacial score (nSPS) is 14.8. The lowest BCUT2D eigenvalue weighted by atomic mass is 10.1. The summed E-state index contributed by atoms with van der Waals surface area (Å²) in [6.45, 7) is -0.133. The van der Waals surface area contributed by atoms with Crippen molar-refractivity contribution in [2.75, 3.05) is 12.3 Å². The summed E-state index contributed by atoms with van der Waals surface area (Å²) in [4.78, 5) is 33.8. The molecule has 94 valence electrons. The average molecular weight is 250 g/mol. The zero-order valence-corrected chi connectivity index (χ0v) is 9.25. The van der Waals surface area contributed by atoms with Gasteiger partial charge >= 0.3 is 6.03 Å². The number of nitrogens with one attached hydrogen (secondary N) is 1. The minimum absolute atomic E-state index is 0.0618. The van der Waals surface area contributed by atoms with Crippen LogP contribution in [0.15, 0.2) is 18.2 Å². The highest BCUT2D eigenvalue weighted by atomic mass is 16.6. The number of nitrogens with two attached hydrogens (primary N) is 1. The van der Waals surface area contributed by atoms with Crippen LogP contribution in [0, 0.1) is 10.1 Å². The van der Waals surface area contributed by atoms with Crippen LogP contribution in [0.2, 0.25) is 0 Å². The number of hydrogen-bond donors (Lipinski definition) is 2. The minimum atomic E-state index is -0.561. The van der Waals surface area contributed by atoms with Gasteiger partial charge in [0, 0.05) is 23.4 Å². The van der Waals surface area contributed by atoms with E-state index in [1.54, 1.807) is 0 Å². The van der Waals surface area contributed by atoms with Crippen LogP contribution < -0.4 is 11.1 Å². The molecular weight excluding hydrogens is 240 g/mol. The summed E-state index contributed by atoms with van der Waals surface area (Å²) in [5, 5.41) is 13.0.